The maximum atomic E-state index is 5.97. The molecule has 0 aliphatic heterocycles. The average molecular weight is 287 g/mol. The van der Waals surface area contributed by atoms with Crippen LogP contribution in [0.2, 0.25) is 5.02 Å². The second-order valence-electron chi connectivity index (χ2n) is 5.43. The van der Waals surface area contributed by atoms with Crippen molar-refractivity contribution in [3.8, 4) is 0 Å². The van der Waals surface area contributed by atoms with Crippen LogP contribution in [0.5, 0.6) is 0 Å². The van der Waals surface area contributed by atoms with Gasteiger partial charge in [0.05, 0.1) is 0 Å². The summed E-state index contributed by atoms with van der Waals surface area (Å²) in [7, 11) is 0. The highest BCUT2D eigenvalue weighted by atomic mass is 35.5. The third kappa shape index (κ3) is 3.59. The highest BCUT2D eigenvalue weighted by Crippen LogP contribution is 2.41. The summed E-state index contributed by atoms with van der Waals surface area (Å²) in [5.74, 6) is 0.782. The first-order valence-corrected chi connectivity index (χ1v) is 7.58. The van der Waals surface area contributed by atoms with Crippen molar-refractivity contribution in [2.24, 2.45) is 5.92 Å². The molecular formula is C17H19ClN2. The Hall–Kier alpha value is -1.38. The van der Waals surface area contributed by atoms with Crippen molar-refractivity contribution in [3.05, 3.63) is 64.9 Å². The summed E-state index contributed by atoms with van der Waals surface area (Å²) in [4.78, 5) is 4.16. The predicted octanol–water partition coefficient (Wildman–Crippen LogP) is 4.02. The van der Waals surface area contributed by atoms with Crippen LogP contribution in [-0.2, 0) is 6.42 Å². The molecule has 1 N–H and O–H groups in total. The molecule has 2 aromatic rings. The van der Waals surface area contributed by atoms with E-state index in [-0.39, 0.29) is 0 Å². The van der Waals surface area contributed by atoms with Crippen LogP contribution in [0.3, 0.4) is 0 Å². The van der Waals surface area contributed by atoms with Gasteiger partial charge in [0.2, 0.25) is 0 Å². The molecule has 2 nitrogen and oxygen atoms in total. The molecule has 3 heteroatoms. The molecule has 1 aliphatic carbocycles. The summed E-state index contributed by atoms with van der Waals surface area (Å²) in [5.41, 5.74) is 2.63. The molecule has 0 spiro atoms. The number of nitrogens with zero attached hydrogens (tertiary/aromatic N) is 1. The van der Waals surface area contributed by atoms with Gasteiger partial charge in [-0.15, -0.1) is 0 Å². The Kier molecular flexibility index (Phi) is 4.34. The summed E-state index contributed by atoms with van der Waals surface area (Å²) < 4.78 is 0. The molecule has 0 amide bonds. The minimum atomic E-state index is 0.462. The second-order valence-corrected chi connectivity index (χ2v) is 5.87. The summed E-state index contributed by atoms with van der Waals surface area (Å²) >= 11 is 5.97. The van der Waals surface area contributed by atoms with Crippen molar-refractivity contribution in [2.45, 2.75) is 25.3 Å². The normalized spacial score (nSPS) is 16.1. The van der Waals surface area contributed by atoms with Crippen LogP contribution in [0.4, 0.5) is 0 Å². The number of hydrogen-bond acceptors (Lipinski definition) is 2. The van der Waals surface area contributed by atoms with E-state index >= 15 is 0 Å². The number of hydrogen-bond donors (Lipinski definition) is 1. The Morgan fingerprint density at radius 1 is 1.20 bits per heavy atom. The lowest BCUT2D eigenvalue weighted by Gasteiger charge is -2.19. The molecular weight excluding hydrogens is 268 g/mol. The minimum absolute atomic E-state index is 0.462. The highest BCUT2D eigenvalue weighted by molar-refractivity contribution is 6.30. The predicted molar refractivity (Wildman–Crippen MR) is 82.9 cm³/mol. The van der Waals surface area contributed by atoms with Crippen LogP contribution < -0.4 is 5.32 Å². The highest BCUT2D eigenvalue weighted by Gasteiger charge is 2.31. The van der Waals surface area contributed by atoms with Gasteiger partial charge in [-0.05, 0) is 61.1 Å². The van der Waals surface area contributed by atoms with Crippen molar-refractivity contribution in [1.82, 2.24) is 10.3 Å². The van der Waals surface area contributed by atoms with E-state index in [0.29, 0.717) is 6.04 Å². The van der Waals surface area contributed by atoms with Gasteiger partial charge in [-0.1, -0.05) is 29.8 Å². The fourth-order valence-corrected chi connectivity index (χ4v) is 2.70. The number of halogens is 1. The molecule has 0 saturated heterocycles. The van der Waals surface area contributed by atoms with Gasteiger partial charge in [0.1, 0.15) is 0 Å². The van der Waals surface area contributed by atoms with E-state index in [0.717, 1.165) is 23.9 Å². The van der Waals surface area contributed by atoms with Gasteiger partial charge in [-0.2, -0.15) is 0 Å². The largest absolute Gasteiger partial charge is 0.309 e. The van der Waals surface area contributed by atoms with Crippen LogP contribution in [-0.4, -0.2) is 11.5 Å². The van der Waals surface area contributed by atoms with Gasteiger partial charge in [0.15, 0.2) is 0 Å². The molecule has 1 atom stereocenters. The van der Waals surface area contributed by atoms with Crippen LogP contribution in [0.25, 0.3) is 0 Å². The van der Waals surface area contributed by atoms with E-state index in [1.54, 1.807) is 0 Å². The number of nitrogens with one attached hydrogen (secondary N) is 1. The zero-order chi connectivity index (χ0) is 13.8. The van der Waals surface area contributed by atoms with E-state index in [4.69, 9.17) is 11.6 Å². The van der Waals surface area contributed by atoms with Gasteiger partial charge < -0.3 is 5.32 Å². The molecule has 0 bridgehead atoms. The van der Waals surface area contributed by atoms with Crippen LogP contribution >= 0.6 is 11.6 Å². The van der Waals surface area contributed by atoms with E-state index in [9.17, 15) is 0 Å². The van der Waals surface area contributed by atoms with Crippen molar-refractivity contribution in [2.75, 3.05) is 6.54 Å². The monoisotopic (exact) mass is 286 g/mol. The quantitative estimate of drug-likeness (QED) is 0.867. The van der Waals surface area contributed by atoms with Gasteiger partial charge in [-0.3, -0.25) is 4.98 Å². The zero-order valence-electron chi connectivity index (χ0n) is 11.4. The summed E-state index contributed by atoms with van der Waals surface area (Å²) in [6.45, 7) is 0.982. The van der Waals surface area contributed by atoms with E-state index in [1.807, 2.05) is 30.6 Å². The molecule has 3 rings (SSSR count). The van der Waals surface area contributed by atoms with Crippen molar-refractivity contribution >= 4 is 11.6 Å². The van der Waals surface area contributed by atoms with Gasteiger partial charge in [0, 0.05) is 23.5 Å². The van der Waals surface area contributed by atoms with E-state index in [2.05, 4.69) is 28.5 Å². The lowest BCUT2D eigenvalue weighted by molar-refractivity contribution is 0.484. The molecule has 20 heavy (non-hydrogen) atoms. The molecule has 1 heterocycles. The minimum Gasteiger partial charge on any atom is -0.309 e. The van der Waals surface area contributed by atoms with Gasteiger partial charge >= 0.3 is 0 Å². The molecule has 1 aliphatic rings. The second kappa shape index (κ2) is 6.38. The molecule has 0 radical (unpaired) electrons. The summed E-state index contributed by atoms with van der Waals surface area (Å²) in [6.07, 6.45) is 7.43. The Labute approximate surface area is 125 Å². The number of aromatic nitrogens is 1. The molecule has 1 aromatic carbocycles. The first-order valence-electron chi connectivity index (χ1n) is 7.21. The maximum absolute atomic E-state index is 5.97. The lowest BCUT2D eigenvalue weighted by Crippen LogP contribution is -2.25. The van der Waals surface area contributed by atoms with Crippen molar-refractivity contribution < 1.29 is 0 Å². The summed E-state index contributed by atoms with van der Waals surface area (Å²) in [5, 5.41) is 4.50. The Bertz CT molecular complexity index is 535. The fourth-order valence-electron chi connectivity index (χ4n) is 2.57. The molecule has 1 unspecified atom stereocenters. The smallest absolute Gasteiger partial charge is 0.0406 e. The third-order valence-corrected chi connectivity index (χ3v) is 4.08. The first-order chi connectivity index (χ1) is 9.83. The van der Waals surface area contributed by atoms with Crippen LogP contribution in [0.1, 0.15) is 30.0 Å². The van der Waals surface area contributed by atoms with Gasteiger partial charge in [0.25, 0.3) is 0 Å². The Balaban J connectivity index is 1.59. The van der Waals surface area contributed by atoms with Gasteiger partial charge in [-0.25, -0.2) is 0 Å². The molecule has 1 aromatic heterocycles. The average Bonchev–Trinajstić information content (AvgIpc) is 3.31. The van der Waals surface area contributed by atoms with Crippen LogP contribution in [0, 0.1) is 5.92 Å². The third-order valence-electron chi connectivity index (χ3n) is 3.82. The van der Waals surface area contributed by atoms with Crippen molar-refractivity contribution in [1.29, 1.82) is 0 Å². The first kappa shape index (κ1) is 13.6. The summed E-state index contributed by atoms with van der Waals surface area (Å²) in [6, 6.07) is 12.8. The van der Waals surface area contributed by atoms with E-state index in [1.165, 1.54) is 24.0 Å². The molecule has 1 fully saturated rings. The Morgan fingerprint density at radius 2 is 2.00 bits per heavy atom. The fraction of sp³-hybridized carbons (Fsp3) is 0.353. The standard InChI is InChI=1S/C17H19ClN2/c18-16-7-5-15(6-8-16)17(14-3-4-14)20-11-9-13-2-1-10-19-12-13/h1-2,5-8,10,12,14,17,20H,3-4,9,11H2. The maximum Gasteiger partial charge on any atom is 0.0406 e. The SMILES string of the molecule is Clc1ccc(C(NCCc2cccnc2)C2CC2)cc1. The van der Waals surface area contributed by atoms with Crippen molar-refractivity contribution in [3.63, 3.8) is 0 Å². The topological polar surface area (TPSA) is 24.9 Å². The molecule has 1 saturated carbocycles. The number of benzene rings is 1. The Morgan fingerprint density at radius 3 is 2.65 bits per heavy atom. The zero-order valence-corrected chi connectivity index (χ0v) is 12.2. The molecule has 104 valence electrons. The van der Waals surface area contributed by atoms with Crippen LogP contribution in [0.15, 0.2) is 48.8 Å². The number of pyridine rings is 1. The van der Waals surface area contributed by atoms with E-state index < -0.39 is 0 Å². The number of rotatable bonds is 6. The lowest BCUT2D eigenvalue weighted by atomic mass is 10.0.